The van der Waals surface area contributed by atoms with Gasteiger partial charge < -0.3 is 10.0 Å². The number of hydrogen-bond donors (Lipinski definition) is 1. The van der Waals surface area contributed by atoms with Crippen LogP contribution in [0.2, 0.25) is 0 Å². The van der Waals surface area contributed by atoms with Crippen LogP contribution in [0.15, 0.2) is 12.3 Å². The van der Waals surface area contributed by atoms with Crippen LogP contribution in [0.25, 0.3) is 0 Å². The highest BCUT2D eigenvalue weighted by Gasteiger charge is 2.14. The second kappa shape index (κ2) is 3.60. The van der Waals surface area contributed by atoms with E-state index in [0.29, 0.717) is 0 Å². The summed E-state index contributed by atoms with van der Waals surface area (Å²) in [4.78, 5) is 2.16. The molecule has 1 fully saturated rings. The average molecular weight is 179 g/mol. The van der Waals surface area contributed by atoms with Crippen LogP contribution in [0.4, 0.5) is 5.69 Å². The summed E-state index contributed by atoms with van der Waals surface area (Å²) >= 11 is 0. The van der Waals surface area contributed by atoms with E-state index < -0.39 is 0 Å². The molecule has 0 unspecified atom stereocenters. The largest absolute Gasteiger partial charge is 0.491 e. The zero-order chi connectivity index (χ0) is 9.10. The molecule has 2 heterocycles. The molecular formula is C9H13N3O. The van der Waals surface area contributed by atoms with Crippen LogP contribution < -0.4 is 4.90 Å². The molecule has 4 heteroatoms. The maximum absolute atomic E-state index is 9.45. The summed E-state index contributed by atoms with van der Waals surface area (Å²) in [7, 11) is 0. The van der Waals surface area contributed by atoms with Crippen LogP contribution in [0.1, 0.15) is 19.3 Å². The van der Waals surface area contributed by atoms with Gasteiger partial charge in [0.25, 0.3) is 5.88 Å². The molecule has 4 nitrogen and oxygen atoms in total. The highest BCUT2D eigenvalue weighted by Crippen LogP contribution is 2.25. The molecule has 1 aromatic rings. The molecule has 1 saturated heterocycles. The van der Waals surface area contributed by atoms with Gasteiger partial charge in [0.1, 0.15) is 5.69 Å². The Bertz CT molecular complexity index is 284. The van der Waals surface area contributed by atoms with E-state index in [1.54, 1.807) is 6.20 Å². The van der Waals surface area contributed by atoms with Crippen molar-refractivity contribution in [2.24, 2.45) is 0 Å². The summed E-state index contributed by atoms with van der Waals surface area (Å²) in [5.74, 6) is 0.0457. The van der Waals surface area contributed by atoms with Crippen molar-refractivity contribution in [3.8, 4) is 5.88 Å². The summed E-state index contributed by atoms with van der Waals surface area (Å²) in [6.45, 7) is 2.03. The van der Waals surface area contributed by atoms with Crippen molar-refractivity contribution in [1.82, 2.24) is 10.2 Å². The van der Waals surface area contributed by atoms with Crippen LogP contribution in [0, 0.1) is 0 Å². The van der Waals surface area contributed by atoms with Crippen molar-refractivity contribution >= 4 is 5.69 Å². The maximum atomic E-state index is 9.45. The Morgan fingerprint density at radius 1 is 1.23 bits per heavy atom. The van der Waals surface area contributed by atoms with Gasteiger partial charge in [-0.1, -0.05) is 0 Å². The normalized spacial score (nSPS) is 17.4. The third-order valence-corrected chi connectivity index (χ3v) is 2.38. The topological polar surface area (TPSA) is 49.3 Å². The number of piperidine rings is 1. The van der Waals surface area contributed by atoms with Crippen LogP contribution in [0.3, 0.4) is 0 Å². The van der Waals surface area contributed by atoms with E-state index in [1.165, 1.54) is 19.3 Å². The molecule has 2 rings (SSSR count). The smallest absolute Gasteiger partial charge is 0.254 e. The number of aromatic nitrogens is 2. The van der Waals surface area contributed by atoms with Crippen LogP contribution in [-0.4, -0.2) is 28.4 Å². The molecule has 0 saturated carbocycles. The second-order valence-corrected chi connectivity index (χ2v) is 3.29. The lowest BCUT2D eigenvalue weighted by Gasteiger charge is -2.28. The molecule has 0 radical (unpaired) electrons. The highest BCUT2D eigenvalue weighted by molar-refractivity contribution is 5.53. The zero-order valence-electron chi connectivity index (χ0n) is 7.48. The molecule has 1 aliphatic rings. The molecular weight excluding hydrogens is 166 g/mol. The molecule has 0 aliphatic carbocycles. The number of rotatable bonds is 1. The fourth-order valence-corrected chi connectivity index (χ4v) is 1.70. The Labute approximate surface area is 77.2 Å². The van der Waals surface area contributed by atoms with E-state index in [2.05, 4.69) is 15.1 Å². The third-order valence-electron chi connectivity index (χ3n) is 2.38. The van der Waals surface area contributed by atoms with Crippen LogP contribution in [-0.2, 0) is 0 Å². The van der Waals surface area contributed by atoms with E-state index in [1.807, 2.05) is 6.07 Å². The fourth-order valence-electron chi connectivity index (χ4n) is 1.70. The van der Waals surface area contributed by atoms with Gasteiger partial charge in [-0.2, -0.15) is 5.10 Å². The third kappa shape index (κ3) is 1.71. The van der Waals surface area contributed by atoms with Crippen molar-refractivity contribution < 1.29 is 5.11 Å². The van der Waals surface area contributed by atoms with Crippen molar-refractivity contribution in [3.63, 3.8) is 0 Å². The Balaban J connectivity index is 2.18. The summed E-state index contributed by atoms with van der Waals surface area (Å²) in [5, 5.41) is 16.7. The van der Waals surface area contributed by atoms with Crippen molar-refractivity contribution in [2.45, 2.75) is 19.3 Å². The van der Waals surface area contributed by atoms with Gasteiger partial charge in [-0.15, -0.1) is 5.10 Å². The Kier molecular flexibility index (Phi) is 2.29. The lowest BCUT2D eigenvalue weighted by molar-refractivity contribution is 0.440. The molecule has 0 aromatic carbocycles. The average Bonchev–Trinajstić information content (AvgIpc) is 2.20. The van der Waals surface area contributed by atoms with Crippen molar-refractivity contribution in [2.75, 3.05) is 18.0 Å². The summed E-state index contributed by atoms with van der Waals surface area (Å²) in [6, 6.07) is 1.81. The van der Waals surface area contributed by atoms with Gasteiger partial charge in [0.2, 0.25) is 0 Å². The van der Waals surface area contributed by atoms with E-state index in [0.717, 1.165) is 18.8 Å². The minimum absolute atomic E-state index is 0.0457. The fraction of sp³-hybridized carbons (Fsp3) is 0.556. The summed E-state index contributed by atoms with van der Waals surface area (Å²) in [5.41, 5.74) is 0.815. The van der Waals surface area contributed by atoms with Crippen LogP contribution in [0.5, 0.6) is 5.88 Å². The Hall–Kier alpha value is -1.32. The van der Waals surface area contributed by atoms with Crippen LogP contribution >= 0.6 is 0 Å². The predicted octanol–water partition coefficient (Wildman–Crippen LogP) is 1.17. The molecule has 1 aromatic heterocycles. The first-order valence-corrected chi connectivity index (χ1v) is 4.63. The van der Waals surface area contributed by atoms with Gasteiger partial charge in [-0.3, -0.25) is 0 Å². The van der Waals surface area contributed by atoms with E-state index in [9.17, 15) is 5.11 Å². The van der Waals surface area contributed by atoms with Crippen molar-refractivity contribution in [1.29, 1.82) is 0 Å². The summed E-state index contributed by atoms with van der Waals surface area (Å²) in [6.07, 6.45) is 5.29. The standard InChI is InChI=1S/C9H13N3O/c13-9-8(4-5-10-11-9)12-6-2-1-3-7-12/h4-5H,1-3,6-7H2,(H,11,13). The number of anilines is 1. The first-order chi connectivity index (χ1) is 6.38. The number of nitrogens with zero attached hydrogens (tertiary/aromatic N) is 3. The van der Waals surface area contributed by atoms with E-state index >= 15 is 0 Å². The van der Waals surface area contributed by atoms with Gasteiger partial charge in [0.15, 0.2) is 0 Å². The van der Waals surface area contributed by atoms with Gasteiger partial charge in [-0.05, 0) is 25.3 Å². The highest BCUT2D eigenvalue weighted by atomic mass is 16.3. The molecule has 0 amide bonds. The Morgan fingerprint density at radius 3 is 2.69 bits per heavy atom. The molecule has 70 valence electrons. The number of aromatic hydroxyl groups is 1. The molecule has 0 bridgehead atoms. The monoisotopic (exact) mass is 179 g/mol. The second-order valence-electron chi connectivity index (χ2n) is 3.29. The minimum atomic E-state index is 0.0457. The molecule has 0 spiro atoms. The predicted molar refractivity (Wildman–Crippen MR) is 49.8 cm³/mol. The van der Waals surface area contributed by atoms with Gasteiger partial charge >= 0.3 is 0 Å². The Morgan fingerprint density at radius 2 is 2.00 bits per heavy atom. The quantitative estimate of drug-likeness (QED) is 0.703. The minimum Gasteiger partial charge on any atom is -0.491 e. The molecule has 1 aliphatic heterocycles. The summed E-state index contributed by atoms with van der Waals surface area (Å²) < 4.78 is 0. The van der Waals surface area contributed by atoms with Gasteiger partial charge in [0, 0.05) is 13.1 Å². The maximum Gasteiger partial charge on any atom is 0.254 e. The van der Waals surface area contributed by atoms with Crippen molar-refractivity contribution in [3.05, 3.63) is 12.3 Å². The SMILES string of the molecule is Oc1nnccc1N1CCCCC1. The molecule has 1 N–H and O–H groups in total. The molecule has 0 atom stereocenters. The van der Waals surface area contributed by atoms with Gasteiger partial charge in [0.05, 0.1) is 6.20 Å². The lowest BCUT2D eigenvalue weighted by atomic mass is 10.1. The first-order valence-electron chi connectivity index (χ1n) is 4.63. The van der Waals surface area contributed by atoms with E-state index in [4.69, 9.17) is 0 Å². The zero-order valence-corrected chi connectivity index (χ0v) is 7.48. The lowest BCUT2D eigenvalue weighted by Crippen LogP contribution is -2.29. The number of hydrogen-bond acceptors (Lipinski definition) is 4. The van der Waals surface area contributed by atoms with Gasteiger partial charge in [-0.25, -0.2) is 0 Å². The van der Waals surface area contributed by atoms with E-state index in [-0.39, 0.29) is 5.88 Å². The molecule has 13 heavy (non-hydrogen) atoms. The first kappa shape index (κ1) is 8.29.